The summed E-state index contributed by atoms with van der Waals surface area (Å²) in [5.74, 6) is 2.72. The van der Waals surface area contributed by atoms with Crippen molar-refractivity contribution in [2.75, 3.05) is 28.1 Å². The van der Waals surface area contributed by atoms with Gasteiger partial charge in [0.2, 0.25) is 6.79 Å². The molecular formula is C27H28O6. The van der Waals surface area contributed by atoms with E-state index in [0.29, 0.717) is 5.56 Å². The van der Waals surface area contributed by atoms with Crippen LogP contribution in [-0.4, -0.2) is 34.1 Å². The zero-order valence-electron chi connectivity index (χ0n) is 19.2. The Bertz CT molecular complexity index is 1120. The van der Waals surface area contributed by atoms with E-state index in [0.717, 1.165) is 54.2 Å². The van der Waals surface area contributed by atoms with Gasteiger partial charge in [-0.1, -0.05) is 18.2 Å². The Hall–Kier alpha value is -3.67. The molecule has 0 amide bonds. The smallest absolute Gasteiger partial charge is 0.337 e. The Morgan fingerprint density at radius 1 is 0.727 bits per heavy atom. The van der Waals surface area contributed by atoms with Crippen LogP contribution < -0.4 is 18.9 Å². The third-order valence-electron chi connectivity index (χ3n) is 5.88. The molecule has 0 saturated carbocycles. The second-order valence-electron chi connectivity index (χ2n) is 7.85. The molecule has 0 fully saturated rings. The summed E-state index contributed by atoms with van der Waals surface area (Å²) in [5, 5.41) is 0. The summed E-state index contributed by atoms with van der Waals surface area (Å²) in [6, 6.07) is 17.8. The molecule has 0 unspecified atom stereocenters. The minimum absolute atomic E-state index is 0.277. The topological polar surface area (TPSA) is 63.2 Å². The van der Waals surface area contributed by atoms with E-state index < -0.39 is 0 Å². The highest BCUT2D eigenvalue weighted by Gasteiger charge is 2.15. The minimum Gasteiger partial charge on any atom is -0.493 e. The van der Waals surface area contributed by atoms with Gasteiger partial charge in [0.1, 0.15) is 0 Å². The molecule has 33 heavy (non-hydrogen) atoms. The highest BCUT2D eigenvalue weighted by molar-refractivity contribution is 5.89. The van der Waals surface area contributed by atoms with Crippen LogP contribution in [0.5, 0.6) is 23.0 Å². The van der Waals surface area contributed by atoms with Gasteiger partial charge in [-0.2, -0.15) is 0 Å². The summed E-state index contributed by atoms with van der Waals surface area (Å²) in [4.78, 5) is 11.7. The molecule has 3 aromatic carbocycles. The van der Waals surface area contributed by atoms with Crippen molar-refractivity contribution in [2.24, 2.45) is 0 Å². The number of hydrogen-bond donors (Lipinski definition) is 0. The van der Waals surface area contributed by atoms with E-state index in [1.54, 1.807) is 26.4 Å². The molecule has 0 bridgehead atoms. The Kier molecular flexibility index (Phi) is 7.03. The van der Waals surface area contributed by atoms with Crippen LogP contribution >= 0.6 is 0 Å². The molecule has 0 N–H and O–H groups in total. The fourth-order valence-electron chi connectivity index (χ4n) is 4.01. The average molecular weight is 449 g/mol. The van der Waals surface area contributed by atoms with Crippen LogP contribution in [0.15, 0.2) is 54.6 Å². The van der Waals surface area contributed by atoms with E-state index in [-0.39, 0.29) is 12.8 Å². The van der Waals surface area contributed by atoms with Gasteiger partial charge >= 0.3 is 5.97 Å². The Labute approximate surface area is 194 Å². The summed E-state index contributed by atoms with van der Waals surface area (Å²) in [6.07, 6.45) is 3.41. The summed E-state index contributed by atoms with van der Waals surface area (Å²) in [5.41, 5.74) is 5.33. The van der Waals surface area contributed by atoms with E-state index in [2.05, 4.69) is 18.2 Å². The predicted octanol–water partition coefficient (Wildman–Crippen LogP) is 4.79. The summed E-state index contributed by atoms with van der Waals surface area (Å²) in [6.45, 7) is 0.277. The van der Waals surface area contributed by atoms with Crippen LogP contribution in [0.3, 0.4) is 0 Å². The predicted molar refractivity (Wildman–Crippen MR) is 125 cm³/mol. The summed E-state index contributed by atoms with van der Waals surface area (Å²) >= 11 is 0. The van der Waals surface area contributed by atoms with Gasteiger partial charge in [-0.15, -0.1) is 0 Å². The largest absolute Gasteiger partial charge is 0.493 e. The van der Waals surface area contributed by atoms with Gasteiger partial charge < -0.3 is 23.7 Å². The van der Waals surface area contributed by atoms with Gasteiger partial charge in [0.15, 0.2) is 23.0 Å². The Morgan fingerprint density at radius 2 is 1.30 bits per heavy atom. The average Bonchev–Trinajstić information content (AvgIpc) is 3.33. The molecule has 172 valence electrons. The van der Waals surface area contributed by atoms with E-state index >= 15 is 0 Å². The zero-order valence-corrected chi connectivity index (χ0v) is 19.2. The Balaban J connectivity index is 1.51. The number of aryl methyl sites for hydroxylation is 4. The number of methoxy groups -OCH3 is 3. The van der Waals surface area contributed by atoms with Crippen molar-refractivity contribution in [3.8, 4) is 23.0 Å². The molecule has 0 radical (unpaired) electrons. The molecule has 0 atom stereocenters. The molecule has 4 rings (SSSR count). The molecule has 1 heterocycles. The number of esters is 1. The second-order valence-corrected chi connectivity index (χ2v) is 7.85. The van der Waals surface area contributed by atoms with Gasteiger partial charge in [0.05, 0.1) is 26.9 Å². The lowest BCUT2D eigenvalue weighted by molar-refractivity contribution is 0.0600. The quantitative estimate of drug-likeness (QED) is 0.439. The number of fused-ring (bicyclic) bond motifs is 1. The van der Waals surface area contributed by atoms with Crippen molar-refractivity contribution in [1.82, 2.24) is 0 Å². The van der Waals surface area contributed by atoms with Crippen LogP contribution in [-0.2, 0) is 30.4 Å². The maximum absolute atomic E-state index is 11.7. The molecule has 0 spiro atoms. The van der Waals surface area contributed by atoms with Gasteiger partial charge in [0.25, 0.3) is 0 Å². The summed E-state index contributed by atoms with van der Waals surface area (Å²) < 4.78 is 26.8. The maximum Gasteiger partial charge on any atom is 0.337 e. The van der Waals surface area contributed by atoms with E-state index in [1.165, 1.54) is 23.8 Å². The third-order valence-corrected chi connectivity index (χ3v) is 5.88. The monoisotopic (exact) mass is 448 g/mol. The molecule has 0 saturated heterocycles. The number of benzene rings is 3. The Morgan fingerprint density at radius 3 is 1.91 bits per heavy atom. The highest BCUT2D eigenvalue weighted by Crippen LogP contribution is 2.34. The van der Waals surface area contributed by atoms with Gasteiger partial charge in [-0.05, 0) is 84.3 Å². The van der Waals surface area contributed by atoms with Gasteiger partial charge in [-0.3, -0.25) is 0 Å². The van der Waals surface area contributed by atoms with Crippen molar-refractivity contribution in [1.29, 1.82) is 0 Å². The molecule has 6 nitrogen and oxygen atoms in total. The second kappa shape index (κ2) is 10.3. The lowest BCUT2D eigenvalue weighted by Gasteiger charge is -2.15. The first-order valence-corrected chi connectivity index (χ1v) is 10.9. The van der Waals surface area contributed by atoms with Gasteiger partial charge in [-0.25, -0.2) is 4.79 Å². The molecule has 1 aliphatic rings. The zero-order chi connectivity index (χ0) is 23.2. The van der Waals surface area contributed by atoms with Crippen LogP contribution in [0, 0.1) is 0 Å². The van der Waals surface area contributed by atoms with Crippen molar-refractivity contribution >= 4 is 5.97 Å². The lowest BCUT2D eigenvalue weighted by atomic mass is 9.94. The first kappa shape index (κ1) is 22.5. The molecule has 0 aromatic heterocycles. The molecule has 0 aliphatic carbocycles. The number of ether oxygens (including phenoxy) is 5. The first-order valence-electron chi connectivity index (χ1n) is 10.9. The van der Waals surface area contributed by atoms with Crippen molar-refractivity contribution in [3.05, 3.63) is 82.4 Å². The normalized spacial score (nSPS) is 11.8. The van der Waals surface area contributed by atoms with Crippen LogP contribution in [0.2, 0.25) is 0 Å². The number of rotatable bonds is 9. The third kappa shape index (κ3) is 5.22. The minimum atomic E-state index is -0.327. The molecule has 3 aromatic rings. The van der Waals surface area contributed by atoms with Crippen LogP contribution in [0.25, 0.3) is 0 Å². The molecule has 6 heteroatoms. The fraction of sp³-hybridized carbons (Fsp3) is 0.296. The maximum atomic E-state index is 11.7. The van der Waals surface area contributed by atoms with Crippen molar-refractivity contribution in [3.63, 3.8) is 0 Å². The van der Waals surface area contributed by atoms with Crippen LogP contribution in [0.4, 0.5) is 0 Å². The first-order chi connectivity index (χ1) is 16.1. The lowest BCUT2D eigenvalue weighted by Crippen LogP contribution is -2.03. The standard InChI is InChI=1S/C27H28O6/c1-29-24-15-21(11-6-18-4-9-20(10-5-18)27(28)31-3)22(16-25(24)30-2)12-7-19-8-13-23-26(14-19)33-17-32-23/h4-5,8-10,13-16H,6-7,11-12,17H2,1-3H3. The highest BCUT2D eigenvalue weighted by atomic mass is 16.7. The number of hydrogen-bond acceptors (Lipinski definition) is 6. The van der Waals surface area contributed by atoms with Crippen molar-refractivity contribution in [2.45, 2.75) is 25.7 Å². The number of carbonyl (C=O) groups excluding carboxylic acids is 1. The summed E-state index contributed by atoms with van der Waals surface area (Å²) in [7, 11) is 4.69. The van der Waals surface area contributed by atoms with E-state index in [9.17, 15) is 4.79 Å². The fourth-order valence-corrected chi connectivity index (χ4v) is 4.01. The van der Waals surface area contributed by atoms with Gasteiger partial charge in [0, 0.05) is 0 Å². The van der Waals surface area contributed by atoms with Crippen molar-refractivity contribution < 1.29 is 28.5 Å². The number of carbonyl (C=O) groups is 1. The molecular weight excluding hydrogens is 420 g/mol. The molecule has 1 aliphatic heterocycles. The van der Waals surface area contributed by atoms with E-state index in [4.69, 9.17) is 23.7 Å². The van der Waals surface area contributed by atoms with Crippen LogP contribution in [0.1, 0.15) is 32.6 Å². The van der Waals surface area contributed by atoms with E-state index in [1.807, 2.05) is 24.3 Å². The SMILES string of the molecule is COC(=O)c1ccc(CCc2cc(OC)c(OC)cc2CCc2ccc3c(c2)OCO3)cc1.